The van der Waals surface area contributed by atoms with E-state index < -0.39 is 15.9 Å². The van der Waals surface area contributed by atoms with Gasteiger partial charge in [0.1, 0.15) is 0 Å². The van der Waals surface area contributed by atoms with Crippen LogP contribution in [-0.4, -0.2) is 68.3 Å². The molecule has 2 amide bonds. The second-order valence-electron chi connectivity index (χ2n) is 7.52. The van der Waals surface area contributed by atoms with Crippen molar-refractivity contribution in [2.75, 3.05) is 38.2 Å². The van der Waals surface area contributed by atoms with Crippen LogP contribution in [0.25, 0.3) is 0 Å². The summed E-state index contributed by atoms with van der Waals surface area (Å²) in [7, 11) is -3.65. The molecule has 2 aliphatic rings. The Morgan fingerprint density at radius 2 is 1.93 bits per heavy atom. The van der Waals surface area contributed by atoms with E-state index in [2.05, 4.69) is 5.32 Å². The molecule has 0 aromatic heterocycles. The van der Waals surface area contributed by atoms with E-state index in [1.54, 1.807) is 24.0 Å². The summed E-state index contributed by atoms with van der Waals surface area (Å²) in [6.07, 6.45) is 0.175. The number of likely N-dealkylation sites (tertiary alicyclic amines) is 1. The lowest BCUT2D eigenvalue weighted by atomic mass is 10.1. The van der Waals surface area contributed by atoms with Gasteiger partial charge in [-0.25, -0.2) is 8.42 Å². The molecular weight excluding hydrogens is 382 g/mol. The number of aryl methyl sites for hydroxylation is 1. The van der Waals surface area contributed by atoms with Crippen LogP contribution in [0, 0.1) is 12.8 Å². The van der Waals surface area contributed by atoms with Crippen LogP contribution < -0.4 is 5.32 Å². The van der Waals surface area contributed by atoms with Crippen molar-refractivity contribution in [3.63, 3.8) is 0 Å². The molecule has 0 saturated carbocycles. The SMILES string of the molecule is Cc1ccc(S(=O)(=O)N2CCOCC2)cc1NC(=O)C1CC(=O)N(C(C)C)C1. The quantitative estimate of drug-likeness (QED) is 0.789. The first-order valence-electron chi connectivity index (χ1n) is 9.49. The molecule has 0 aliphatic carbocycles. The molecule has 1 aromatic rings. The molecule has 1 atom stereocenters. The van der Waals surface area contributed by atoms with Crippen LogP contribution in [-0.2, 0) is 24.3 Å². The molecule has 0 radical (unpaired) electrons. The molecule has 1 aromatic carbocycles. The van der Waals surface area contributed by atoms with Gasteiger partial charge < -0.3 is 15.0 Å². The van der Waals surface area contributed by atoms with E-state index in [-0.39, 0.29) is 29.2 Å². The summed E-state index contributed by atoms with van der Waals surface area (Å²) in [5, 5.41) is 2.82. The molecule has 9 heteroatoms. The van der Waals surface area contributed by atoms with Crippen LogP contribution >= 0.6 is 0 Å². The summed E-state index contributed by atoms with van der Waals surface area (Å²) in [5.41, 5.74) is 1.22. The minimum absolute atomic E-state index is 0.0319. The fourth-order valence-corrected chi connectivity index (χ4v) is 4.91. The van der Waals surface area contributed by atoms with Gasteiger partial charge in [-0.05, 0) is 38.5 Å². The highest BCUT2D eigenvalue weighted by Crippen LogP contribution is 2.26. The number of benzene rings is 1. The number of morpholine rings is 1. The van der Waals surface area contributed by atoms with Gasteiger partial charge in [0.15, 0.2) is 0 Å². The average Bonchev–Trinajstić information content (AvgIpc) is 3.06. The van der Waals surface area contributed by atoms with Crippen molar-refractivity contribution in [2.24, 2.45) is 5.92 Å². The number of rotatable bonds is 5. The van der Waals surface area contributed by atoms with Crippen LogP contribution in [0.5, 0.6) is 0 Å². The Hall–Kier alpha value is -1.97. The second kappa shape index (κ2) is 8.18. The van der Waals surface area contributed by atoms with Gasteiger partial charge in [0.25, 0.3) is 0 Å². The molecule has 2 aliphatic heterocycles. The van der Waals surface area contributed by atoms with Crippen LogP contribution in [0.1, 0.15) is 25.8 Å². The molecular formula is C19H27N3O5S. The molecule has 8 nitrogen and oxygen atoms in total. The van der Waals surface area contributed by atoms with Crippen molar-refractivity contribution in [3.05, 3.63) is 23.8 Å². The monoisotopic (exact) mass is 409 g/mol. The van der Waals surface area contributed by atoms with Crippen molar-refractivity contribution in [3.8, 4) is 0 Å². The van der Waals surface area contributed by atoms with Gasteiger partial charge in [-0.2, -0.15) is 4.31 Å². The maximum absolute atomic E-state index is 12.9. The van der Waals surface area contributed by atoms with E-state index in [4.69, 9.17) is 4.74 Å². The number of anilines is 1. The third-order valence-electron chi connectivity index (χ3n) is 5.23. The first-order chi connectivity index (χ1) is 13.2. The molecule has 154 valence electrons. The van der Waals surface area contributed by atoms with Gasteiger partial charge in [0.2, 0.25) is 21.8 Å². The lowest BCUT2D eigenvalue weighted by Gasteiger charge is -2.26. The Kier molecular flexibility index (Phi) is 6.07. The van der Waals surface area contributed by atoms with E-state index in [0.29, 0.717) is 38.5 Å². The number of amides is 2. The number of nitrogens with one attached hydrogen (secondary N) is 1. The highest BCUT2D eigenvalue weighted by molar-refractivity contribution is 7.89. The smallest absolute Gasteiger partial charge is 0.243 e. The standard InChI is InChI=1S/C19H27N3O5S/c1-13(2)22-12-15(10-18(22)23)19(24)20-17-11-16(5-4-14(17)3)28(25,26)21-6-8-27-9-7-21/h4-5,11,13,15H,6-10,12H2,1-3H3,(H,20,24). The van der Waals surface area contributed by atoms with Gasteiger partial charge >= 0.3 is 0 Å². The van der Waals surface area contributed by atoms with Gasteiger partial charge in [-0.3, -0.25) is 9.59 Å². The van der Waals surface area contributed by atoms with E-state index in [1.807, 2.05) is 13.8 Å². The molecule has 0 spiro atoms. The Morgan fingerprint density at radius 1 is 1.25 bits per heavy atom. The molecule has 1 unspecified atom stereocenters. The van der Waals surface area contributed by atoms with Gasteiger partial charge in [-0.1, -0.05) is 6.07 Å². The second-order valence-corrected chi connectivity index (χ2v) is 9.46. The zero-order valence-electron chi connectivity index (χ0n) is 16.5. The van der Waals surface area contributed by atoms with Crippen LogP contribution in [0.2, 0.25) is 0 Å². The van der Waals surface area contributed by atoms with E-state index in [9.17, 15) is 18.0 Å². The van der Waals surface area contributed by atoms with E-state index in [0.717, 1.165) is 5.56 Å². The predicted octanol–water partition coefficient (Wildman–Crippen LogP) is 1.21. The fraction of sp³-hybridized carbons (Fsp3) is 0.579. The minimum Gasteiger partial charge on any atom is -0.379 e. The Labute approximate surface area is 165 Å². The largest absolute Gasteiger partial charge is 0.379 e. The lowest BCUT2D eigenvalue weighted by molar-refractivity contribution is -0.129. The van der Waals surface area contributed by atoms with Crippen molar-refractivity contribution >= 4 is 27.5 Å². The third kappa shape index (κ3) is 4.21. The minimum atomic E-state index is -3.65. The lowest BCUT2D eigenvalue weighted by Crippen LogP contribution is -2.40. The Morgan fingerprint density at radius 3 is 2.54 bits per heavy atom. The molecule has 2 fully saturated rings. The zero-order valence-corrected chi connectivity index (χ0v) is 17.3. The molecule has 0 bridgehead atoms. The molecule has 1 N–H and O–H groups in total. The normalized spacial score (nSPS) is 21.4. The highest BCUT2D eigenvalue weighted by atomic mass is 32.2. The highest BCUT2D eigenvalue weighted by Gasteiger charge is 2.35. The molecule has 2 saturated heterocycles. The van der Waals surface area contributed by atoms with Crippen LogP contribution in [0.3, 0.4) is 0 Å². The molecule has 2 heterocycles. The topological polar surface area (TPSA) is 96.0 Å². The van der Waals surface area contributed by atoms with Gasteiger partial charge in [0, 0.05) is 37.8 Å². The summed E-state index contributed by atoms with van der Waals surface area (Å²) >= 11 is 0. The summed E-state index contributed by atoms with van der Waals surface area (Å²) in [4.78, 5) is 26.6. The van der Waals surface area contributed by atoms with Crippen molar-refractivity contribution in [1.29, 1.82) is 0 Å². The number of hydrogen-bond donors (Lipinski definition) is 1. The van der Waals surface area contributed by atoms with Crippen LogP contribution in [0.15, 0.2) is 23.1 Å². The van der Waals surface area contributed by atoms with E-state index >= 15 is 0 Å². The number of carbonyl (C=O) groups is 2. The maximum Gasteiger partial charge on any atom is 0.243 e. The summed E-state index contributed by atoms with van der Waals surface area (Å²) < 4.78 is 32.3. The van der Waals surface area contributed by atoms with Crippen molar-refractivity contribution in [1.82, 2.24) is 9.21 Å². The number of sulfonamides is 1. The predicted molar refractivity (Wildman–Crippen MR) is 104 cm³/mol. The number of carbonyl (C=O) groups excluding carboxylic acids is 2. The molecule has 3 rings (SSSR count). The van der Waals surface area contributed by atoms with Crippen LogP contribution in [0.4, 0.5) is 5.69 Å². The fourth-order valence-electron chi connectivity index (χ4n) is 3.47. The summed E-state index contributed by atoms with van der Waals surface area (Å²) in [5.74, 6) is -0.732. The van der Waals surface area contributed by atoms with Gasteiger partial charge in [-0.15, -0.1) is 0 Å². The first kappa shape index (κ1) is 20.8. The summed E-state index contributed by atoms with van der Waals surface area (Å²) in [6.45, 7) is 7.40. The van der Waals surface area contributed by atoms with Crippen molar-refractivity contribution < 1.29 is 22.7 Å². The van der Waals surface area contributed by atoms with Gasteiger partial charge in [0.05, 0.1) is 24.0 Å². The van der Waals surface area contributed by atoms with Crippen molar-refractivity contribution in [2.45, 2.75) is 38.1 Å². The molecule has 28 heavy (non-hydrogen) atoms. The maximum atomic E-state index is 12.9. The Balaban J connectivity index is 1.77. The van der Waals surface area contributed by atoms with E-state index in [1.165, 1.54) is 10.4 Å². The Bertz CT molecular complexity index is 862. The first-order valence-corrected chi connectivity index (χ1v) is 10.9. The average molecular weight is 410 g/mol. The number of hydrogen-bond acceptors (Lipinski definition) is 5. The summed E-state index contributed by atoms with van der Waals surface area (Å²) in [6, 6.07) is 4.78. The zero-order chi connectivity index (χ0) is 20.5. The number of ether oxygens (including phenoxy) is 1. The third-order valence-corrected chi connectivity index (χ3v) is 7.12. The number of nitrogens with zero attached hydrogens (tertiary/aromatic N) is 2.